The average Bonchev–Trinajstić information content (AvgIpc) is 3.23. The van der Waals surface area contributed by atoms with Crippen LogP contribution in [-0.2, 0) is 6.54 Å². The minimum Gasteiger partial charge on any atom is -0.346 e. The van der Waals surface area contributed by atoms with Crippen LogP contribution in [0.2, 0.25) is 0 Å². The zero-order valence-corrected chi connectivity index (χ0v) is 11.5. The Bertz CT molecular complexity index is 592. The number of carbonyl (C=O) groups excluding carboxylic acids is 1. The normalized spacial score (nSPS) is 20.4. The predicted octanol–water partition coefficient (Wildman–Crippen LogP) is 3.14. The number of nitrogens with one attached hydrogen (secondary N) is 1. The van der Waals surface area contributed by atoms with Crippen molar-refractivity contribution >= 4 is 5.91 Å². The van der Waals surface area contributed by atoms with Gasteiger partial charge in [-0.2, -0.15) is 0 Å². The minimum absolute atomic E-state index is 0.0500. The van der Waals surface area contributed by atoms with Crippen molar-refractivity contribution in [3.8, 4) is 0 Å². The number of carbonyl (C=O) groups is 1. The van der Waals surface area contributed by atoms with Crippen molar-refractivity contribution in [2.45, 2.75) is 25.8 Å². The second-order valence-electron chi connectivity index (χ2n) is 5.45. The Morgan fingerprint density at radius 1 is 1.25 bits per heavy atom. The number of hydrogen-bond acceptors (Lipinski definition) is 2. The number of amides is 1. The van der Waals surface area contributed by atoms with Crippen molar-refractivity contribution in [3.63, 3.8) is 0 Å². The molecule has 20 heavy (non-hydrogen) atoms. The van der Waals surface area contributed by atoms with E-state index in [1.54, 1.807) is 6.20 Å². The van der Waals surface area contributed by atoms with Gasteiger partial charge in [0.2, 0.25) is 0 Å². The third-order valence-electron chi connectivity index (χ3n) is 3.87. The van der Waals surface area contributed by atoms with Crippen LogP contribution < -0.4 is 5.32 Å². The fourth-order valence-corrected chi connectivity index (χ4v) is 2.44. The van der Waals surface area contributed by atoms with Crippen molar-refractivity contribution in [1.29, 1.82) is 0 Å². The average molecular weight is 266 g/mol. The molecule has 1 aliphatic carbocycles. The lowest BCUT2D eigenvalue weighted by Gasteiger charge is -2.06. The molecule has 1 N–H and O–H groups in total. The summed E-state index contributed by atoms with van der Waals surface area (Å²) in [5.41, 5.74) is 2.92. The molecule has 3 rings (SSSR count). The molecule has 1 aromatic carbocycles. The molecule has 1 aromatic heterocycles. The first-order valence-electron chi connectivity index (χ1n) is 7.02. The summed E-state index contributed by atoms with van der Waals surface area (Å²) in [5.74, 6) is 1.44. The number of benzene rings is 1. The smallest absolute Gasteiger partial charge is 0.251 e. The highest BCUT2D eigenvalue weighted by molar-refractivity contribution is 5.94. The van der Waals surface area contributed by atoms with Gasteiger partial charge in [-0.05, 0) is 48.1 Å². The molecule has 0 saturated heterocycles. The van der Waals surface area contributed by atoms with Crippen LogP contribution in [0.5, 0.6) is 0 Å². The van der Waals surface area contributed by atoms with Gasteiger partial charge in [0.25, 0.3) is 5.91 Å². The summed E-state index contributed by atoms with van der Waals surface area (Å²) < 4.78 is 0. The Morgan fingerprint density at radius 3 is 2.60 bits per heavy atom. The summed E-state index contributed by atoms with van der Waals surface area (Å²) >= 11 is 0. The van der Waals surface area contributed by atoms with Crippen molar-refractivity contribution < 1.29 is 4.79 Å². The zero-order chi connectivity index (χ0) is 13.9. The fourth-order valence-electron chi connectivity index (χ4n) is 2.44. The molecular weight excluding hydrogens is 248 g/mol. The highest BCUT2D eigenvalue weighted by Crippen LogP contribution is 2.46. The lowest BCUT2D eigenvalue weighted by molar-refractivity contribution is 0.0950. The van der Waals surface area contributed by atoms with Gasteiger partial charge >= 0.3 is 0 Å². The van der Waals surface area contributed by atoms with Crippen molar-refractivity contribution in [3.05, 3.63) is 65.5 Å². The molecule has 0 spiro atoms. The molecule has 102 valence electrons. The zero-order valence-electron chi connectivity index (χ0n) is 11.5. The highest BCUT2D eigenvalue weighted by atomic mass is 16.1. The lowest BCUT2D eigenvalue weighted by atomic mass is 10.1. The monoisotopic (exact) mass is 266 g/mol. The third-order valence-corrected chi connectivity index (χ3v) is 3.87. The maximum absolute atomic E-state index is 12.0. The quantitative estimate of drug-likeness (QED) is 0.923. The molecule has 3 nitrogen and oxygen atoms in total. The molecule has 1 heterocycles. The summed E-state index contributed by atoms with van der Waals surface area (Å²) in [6.07, 6.45) is 3.00. The van der Waals surface area contributed by atoms with Crippen LogP contribution in [0.15, 0.2) is 48.7 Å². The summed E-state index contributed by atoms with van der Waals surface area (Å²) in [6.45, 7) is 2.72. The summed E-state index contributed by atoms with van der Waals surface area (Å²) in [4.78, 5) is 16.2. The number of pyridine rings is 1. The summed E-state index contributed by atoms with van der Waals surface area (Å²) in [5, 5.41) is 2.89. The Kier molecular flexibility index (Phi) is 3.50. The maximum atomic E-state index is 12.0. The molecule has 1 fully saturated rings. The number of aromatic nitrogens is 1. The van der Waals surface area contributed by atoms with E-state index in [0.29, 0.717) is 18.0 Å². The van der Waals surface area contributed by atoms with Gasteiger partial charge in [0, 0.05) is 11.8 Å². The Balaban J connectivity index is 1.59. The molecule has 0 aliphatic heterocycles. The predicted molar refractivity (Wildman–Crippen MR) is 78.4 cm³/mol. The van der Waals surface area contributed by atoms with Gasteiger partial charge in [-0.3, -0.25) is 9.78 Å². The van der Waals surface area contributed by atoms with Crippen LogP contribution in [0, 0.1) is 5.92 Å². The minimum atomic E-state index is -0.0500. The first-order chi connectivity index (χ1) is 9.74. The number of rotatable bonds is 4. The number of nitrogens with zero attached hydrogens (tertiary/aromatic N) is 1. The van der Waals surface area contributed by atoms with Crippen molar-refractivity contribution in [2.75, 3.05) is 0 Å². The second-order valence-corrected chi connectivity index (χ2v) is 5.45. The van der Waals surface area contributed by atoms with Gasteiger partial charge in [0.1, 0.15) is 0 Å². The van der Waals surface area contributed by atoms with E-state index in [-0.39, 0.29) is 5.91 Å². The Morgan fingerprint density at radius 2 is 2.00 bits per heavy atom. The number of hydrogen-bond donors (Lipinski definition) is 1. The van der Waals surface area contributed by atoms with E-state index in [9.17, 15) is 4.79 Å². The van der Waals surface area contributed by atoms with Crippen LogP contribution >= 0.6 is 0 Å². The molecule has 2 atom stereocenters. The maximum Gasteiger partial charge on any atom is 0.251 e. The molecular formula is C17H18N2O. The summed E-state index contributed by atoms with van der Waals surface area (Å²) in [6, 6.07) is 13.6. The lowest BCUT2D eigenvalue weighted by Crippen LogP contribution is -2.23. The highest BCUT2D eigenvalue weighted by Gasteiger charge is 2.33. The van der Waals surface area contributed by atoms with E-state index in [1.807, 2.05) is 30.3 Å². The summed E-state index contributed by atoms with van der Waals surface area (Å²) in [7, 11) is 0. The van der Waals surface area contributed by atoms with E-state index in [0.717, 1.165) is 11.6 Å². The van der Waals surface area contributed by atoms with E-state index >= 15 is 0 Å². The molecule has 0 bridgehead atoms. The fraction of sp³-hybridized carbons (Fsp3) is 0.294. The van der Waals surface area contributed by atoms with Crippen LogP contribution in [0.1, 0.15) is 40.9 Å². The molecule has 0 radical (unpaired) electrons. The van der Waals surface area contributed by atoms with Crippen molar-refractivity contribution in [2.24, 2.45) is 5.92 Å². The van der Waals surface area contributed by atoms with Gasteiger partial charge in [-0.15, -0.1) is 0 Å². The molecule has 1 saturated carbocycles. The van der Waals surface area contributed by atoms with Crippen LogP contribution in [-0.4, -0.2) is 10.9 Å². The van der Waals surface area contributed by atoms with Gasteiger partial charge in [-0.1, -0.05) is 25.1 Å². The molecule has 2 unspecified atom stereocenters. The first kappa shape index (κ1) is 12.9. The van der Waals surface area contributed by atoms with E-state index in [1.165, 1.54) is 12.0 Å². The molecule has 2 aromatic rings. The molecule has 1 amide bonds. The van der Waals surface area contributed by atoms with E-state index < -0.39 is 0 Å². The SMILES string of the molecule is CC1CC1c1ccc(C(=O)NCc2ccccn2)cc1. The standard InChI is InChI=1S/C17H18N2O/c1-12-10-16(12)13-5-7-14(8-6-13)17(20)19-11-15-4-2-3-9-18-15/h2-9,12,16H,10-11H2,1H3,(H,19,20). The largest absolute Gasteiger partial charge is 0.346 e. The second kappa shape index (κ2) is 5.45. The molecule has 3 heteroatoms. The topological polar surface area (TPSA) is 42.0 Å². The van der Waals surface area contributed by atoms with Crippen molar-refractivity contribution in [1.82, 2.24) is 10.3 Å². The Labute approximate surface area is 119 Å². The van der Waals surface area contributed by atoms with Gasteiger partial charge in [-0.25, -0.2) is 0 Å². The van der Waals surface area contributed by atoms with E-state index in [4.69, 9.17) is 0 Å². The van der Waals surface area contributed by atoms with Gasteiger partial charge in [0.15, 0.2) is 0 Å². The first-order valence-corrected chi connectivity index (χ1v) is 7.02. The Hall–Kier alpha value is -2.16. The van der Waals surface area contributed by atoms with Crippen LogP contribution in [0.3, 0.4) is 0 Å². The third kappa shape index (κ3) is 2.87. The van der Waals surface area contributed by atoms with Crippen LogP contribution in [0.4, 0.5) is 0 Å². The molecule has 1 aliphatic rings. The van der Waals surface area contributed by atoms with Crippen LogP contribution in [0.25, 0.3) is 0 Å². The van der Waals surface area contributed by atoms with Gasteiger partial charge in [0.05, 0.1) is 12.2 Å². The van der Waals surface area contributed by atoms with E-state index in [2.05, 4.69) is 29.4 Å². The van der Waals surface area contributed by atoms with Gasteiger partial charge < -0.3 is 5.32 Å².